The van der Waals surface area contributed by atoms with Gasteiger partial charge in [-0.15, -0.1) is 0 Å². The SMILES string of the molecule is CC1(C)OB(c2cc(-c3ccc(-c4ccccn4)cc3)c3c(c2-c2ccc(-c4ccccn4)cc2)-c2cccc4cccc-3c24)OC1(C)C. The topological polar surface area (TPSA) is 44.2 Å². The lowest BCUT2D eigenvalue weighted by atomic mass is 9.70. The molecule has 0 amide bonds. The van der Waals surface area contributed by atoms with Gasteiger partial charge in [-0.25, -0.2) is 0 Å². The Morgan fingerprint density at radius 3 is 1.51 bits per heavy atom. The molecule has 4 nitrogen and oxygen atoms in total. The van der Waals surface area contributed by atoms with Gasteiger partial charge in [-0.1, -0.05) is 103 Å². The van der Waals surface area contributed by atoms with E-state index in [-0.39, 0.29) is 0 Å². The van der Waals surface area contributed by atoms with Crippen LogP contribution in [0.25, 0.3) is 77.8 Å². The number of pyridine rings is 2. The molecule has 2 aliphatic rings. The zero-order chi connectivity index (χ0) is 33.3. The van der Waals surface area contributed by atoms with Gasteiger partial charge in [-0.3, -0.25) is 9.97 Å². The second kappa shape index (κ2) is 11.1. The summed E-state index contributed by atoms with van der Waals surface area (Å²) in [7, 11) is -0.560. The Bertz CT molecular complexity index is 2350. The van der Waals surface area contributed by atoms with Gasteiger partial charge in [0, 0.05) is 23.5 Å². The van der Waals surface area contributed by atoms with Crippen molar-refractivity contribution in [1.29, 1.82) is 0 Å². The maximum absolute atomic E-state index is 6.84. The van der Waals surface area contributed by atoms with Crippen molar-refractivity contribution in [3.05, 3.63) is 140 Å². The summed E-state index contributed by atoms with van der Waals surface area (Å²) in [6.07, 6.45) is 3.68. The van der Waals surface area contributed by atoms with Crippen LogP contribution in [-0.2, 0) is 9.31 Å². The van der Waals surface area contributed by atoms with Gasteiger partial charge in [0.1, 0.15) is 0 Å². The number of hydrogen-bond acceptors (Lipinski definition) is 4. The van der Waals surface area contributed by atoms with Crippen molar-refractivity contribution < 1.29 is 9.31 Å². The van der Waals surface area contributed by atoms with Gasteiger partial charge >= 0.3 is 7.12 Å². The molecule has 1 fully saturated rings. The molecule has 1 aliphatic heterocycles. The molecular formula is C44H35BN2O2. The minimum Gasteiger partial charge on any atom is -0.399 e. The van der Waals surface area contributed by atoms with Crippen LogP contribution in [0.1, 0.15) is 27.7 Å². The minimum absolute atomic E-state index is 0.496. The summed E-state index contributed by atoms with van der Waals surface area (Å²) in [5, 5.41) is 2.51. The molecule has 3 heterocycles. The van der Waals surface area contributed by atoms with Crippen molar-refractivity contribution in [3.8, 4) is 67.0 Å². The Hall–Kier alpha value is -5.36. The Balaban J connectivity index is 1.32. The first-order chi connectivity index (χ1) is 23.8. The fourth-order valence-corrected chi connectivity index (χ4v) is 7.40. The van der Waals surface area contributed by atoms with Crippen molar-refractivity contribution in [1.82, 2.24) is 9.97 Å². The molecule has 1 saturated heterocycles. The van der Waals surface area contributed by atoms with Crippen LogP contribution in [0.15, 0.2) is 140 Å². The van der Waals surface area contributed by atoms with Crippen LogP contribution in [0.2, 0.25) is 0 Å². The lowest BCUT2D eigenvalue weighted by Crippen LogP contribution is -2.41. The summed E-state index contributed by atoms with van der Waals surface area (Å²) in [4.78, 5) is 9.19. The van der Waals surface area contributed by atoms with Crippen molar-refractivity contribution in [2.45, 2.75) is 38.9 Å². The largest absolute Gasteiger partial charge is 0.495 e. The summed E-state index contributed by atoms with van der Waals surface area (Å²) in [5.74, 6) is 0. The predicted molar refractivity (Wildman–Crippen MR) is 201 cm³/mol. The second-order valence-electron chi connectivity index (χ2n) is 14.0. The molecule has 236 valence electrons. The van der Waals surface area contributed by atoms with E-state index in [0.29, 0.717) is 0 Å². The fraction of sp³-hybridized carbons (Fsp3) is 0.136. The molecule has 2 aromatic heterocycles. The zero-order valence-corrected chi connectivity index (χ0v) is 28.1. The molecule has 0 N–H and O–H groups in total. The molecule has 0 unspecified atom stereocenters. The predicted octanol–water partition coefficient (Wildman–Crippen LogP) is 10.2. The second-order valence-corrected chi connectivity index (χ2v) is 14.0. The van der Waals surface area contributed by atoms with E-state index in [1.165, 1.54) is 33.0 Å². The highest BCUT2D eigenvalue weighted by Gasteiger charge is 2.53. The normalized spacial score (nSPS) is 15.5. The standard InChI is InChI=1S/C44H35BN2O2/c1-43(2)44(3,4)49-45(48-43)36-27-35(28-17-19-29(20-18-28)37-15-5-7-25-46-37)41-33-13-9-11-31-12-10-14-34(39(31)33)42(41)40(36)32-23-21-30(22-24-32)38-16-6-8-26-47-38/h5-27H,1-4H3. The summed E-state index contributed by atoms with van der Waals surface area (Å²) in [5.41, 5.74) is 13.6. The van der Waals surface area contributed by atoms with Crippen LogP contribution in [0.5, 0.6) is 0 Å². The Morgan fingerprint density at radius 1 is 0.469 bits per heavy atom. The summed E-state index contributed by atoms with van der Waals surface area (Å²) < 4.78 is 13.7. The molecule has 0 saturated carbocycles. The number of fused-ring (bicyclic) bond motifs is 3. The average Bonchev–Trinajstić information content (AvgIpc) is 3.58. The lowest BCUT2D eigenvalue weighted by molar-refractivity contribution is 0.00578. The Morgan fingerprint density at radius 2 is 0.980 bits per heavy atom. The molecule has 9 rings (SSSR count). The molecule has 49 heavy (non-hydrogen) atoms. The number of benzene rings is 5. The molecular weight excluding hydrogens is 599 g/mol. The van der Waals surface area contributed by atoms with Gasteiger partial charge in [-0.2, -0.15) is 0 Å². The van der Waals surface area contributed by atoms with E-state index in [4.69, 9.17) is 9.31 Å². The van der Waals surface area contributed by atoms with Crippen molar-refractivity contribution in [3.63, 3.8) is 0 Å². The fourth-order valence-electron chi connectivity index (χ4n) is 7.40. The van der Waals surface area contributed by atoms with Gasteiger partial charge < -0.3 is 9.31 Å². The number of nitrogens with zero attached hydrogens (tertiary/aromatic N) is 2. The molecule has 1 aliphatic carbocycles. The number of hydrogen-bond donors (Lipinski definition) is 0. The van der Waals surface area contributed by atoms with Crippen LogP contribution in [-0.4, -0.2) is 28.3 Å². The molecule has 7 aromatic rings. The van der Waals surface area contributed by atoms with E-state index in [2.05, 4.69) is 129 Å². The van der Waals surface area contributed by atoms with Crippen LogP contribution in [0.4, 0.5) is 0 Å². The smallest absolute Gasteiger partial charge is 0.399 e. The lowest BCUT2D eigenvalue weighted by Gasteiger charge is -2.32. The first kappa shape index (κ1) is 29.8. The van der Waals surface area contributed by atoms with Gasteiger partial charge in [-0.05, 0) is 113 Å². The first-order valence-corrected chi connectivity index (χ1v) is 16.9. The first-order valence-electron chi connectivity index (χ1n) is 16.9. The summed E-state index contributed by atoms with van der Waals surface area (Å²) in [6, 6.07) is 45.3. The summed E-state index contributed by atoms with van der Waals surface area (Å²) in [6.45, 7) is 8.48. The highest BCUT2D eigenvalue weighted by Crippen LogP contribution is 2.54. The van der Waals surface area contributed by atoms with E-state index in [9.17, 15) is 0 Å². The van der Waals surface area contributed by atoms with Crippen molar-refractivity contribution >= 4 is 23.4 Å². The van der Waals surface area contributed by atoms with E-state index < -0.39 is 18.3 Å². The van der Waals surface area contributed by atoms with Gasteiger partial charge in [0.05, 0.1) is 22.6 Å². The third kappa shape index (κ3) is 4.76. The number of rotatable bonds is 5. The average molecular weight is 635 g/mol. The third-order valence-corrected chi connectivity index (χ3v) is 10.6. The van der Waals surface area contributed by atoms with E-state index in [1.54, 1.807) is 0 Å². The van der Waals surface area contributed by atoms with E-state index in [0.717, 1.165) is 50.2 Å². The zero-order valence-electron chi connectivity index (χ0n) is 28.1. The number of aromatic nitrogens is 2. The molecule has 5 heteroatoms. The minimum atomic E-state index is -0.560. The van der Waals surface area contributed by atoms with Crippen LogP contribution in [0, 0.1) is 0 Å². The van der Waals surface area contributed by atoms with Crippen molar-refractivity contribution in [2.75, 3.05) is 0 Å². The Labute approximate surface area is 287 Å². The summed E-state index contributed by atoms with van der Waals surface area (Å²) >= 11 is 0. The molecule has 0 radical (unpaired) electrons. The maximum atomic E-state index is 6.84. The third-order valence-electron chi connectivity index (χ3n) is 10.6. The van der Waals surface area contributed by atoms with E-state index >= 15 is 0 Å². The van der Waals surface area contributed by atoms with E-state index in [1.807, 2.05) is 48.8 Å². The highest BCUT2D eigenvalue weighted by atomic mass is 16.7. The molecule has 5 aromatic carbocycles. The van der Waals surface area contributed by atoms with Gasteiger partial charge in [0.15, 0.2) is 0 Å². The van der Waals surface area contributed by atoms with Crippen LogP contribution in [0.3, 0.4) is 0 Å². The highest BCUT2D eigenvalue weighted by molar-refractivity contribution is 6.64. The molecule has 0 atom stereocenters. The monoisotopic (exact) mass is 634 g/mol. The molecule has 0 spiro atoms. The maximum Gasteiger partial charge on any atom is 0.495 e. The van der Waals surface area contributed by atoms with Crippen LogP contribution >= 0.6 is 0 Å². The van der Waals surface area contributed by atoms with Crippen LogP contribution < -0.4 is 5.46 Å². The van der Waals surface area contributed by atoms with Gasteiger partial charge in [0.2, 0.25) is 0 Å². The molecule has 0 bridgehead atoms. The van der Waals surface area contributed by atoms with Gasteiger partial charge in [0.25, 0.3) is 0 Å². The quantitative estimate of drug-likeness (QED) is 0.177. The van der Waals surface area contributed by atoms with Crippen molar-refractivity contribution in [2.24, 2.45) is 0 Å². The Kier molecular flexibility index (Phi) is 6.74.